The van der Waals surface area contributed by atoms with Crippen molar-refractivity contribution in [1.82, 2.24) is 0 Å². The first kappa shape index (κ1) is 22.9. The van der Waals surface area contributed by atoms with E-state index in [9.17, 15) is 9.90 Å². The Morgan fingerprint density at radius 2 is 1.44 bits per heavy atom. The largest absolute Gasteiger partial charge is 0.545 e. The average Bonchev–Trinajstić information content (AvgIpc) is 2.56. The zero-order chi connectivity index (χ0) is 19.1. The zero-order valence-electron chi connectivity index (χ0n) is 15.9. The lowest BCUT2D eigenvalue weighted by Gasteiger charge is -2.00. The van der Waals surface area contributed by atoms with E-state index in [1.165, 1.54) is 28.9 Å². The minimum atomic E-state index is -1.13. The second kappa shape index (κ2) is 14.2. The number of hydrogen-bond acceptors (Lipinski definition) is 3. The number of aliphatic hydroxyl groups is 1. The molecule has 1 aromatic carbocycles. The molecule has 3 nitrogen and oxygen atoms in total. The molecule has 0 saturated heterocycles. The van der Waals surface area contributed by atoms with Gasteiger partial charge in [0, 0.05) is 0 Å². The summed E-state index contributed by atoms with van der Waals surface area (Å²) in [4.78, 5) is 10.1. The molecule has 0 aromatic heterocycles. The van der Waals surface area contributed by atoms with Crippen LogP contribution in [0.15, 0.2) is 65.3 Å². The lowest BCUT2D eigenvalue weighted by molar-refractivity contribution is -0.255. The molecule has 1 rings (SSSR count). The first-order valence-electron chi connectivity index (χ1n) is 8.68. The number of aliphatic hydroxyl groups excluding tert-OH is 1. The van der Waals surface area contributed by atoms with Crippen LogP contribution < -0.4 is 5.11 Å². The zero-order valence-corrected chi connectivity index (χ0v) is 15.9. The SMILES string of the molecule is CC(C)=CCC/C(C)=C/CC/C(C)=C/CO.O=C([O-])c1ccccc1. The molecule has 25 heavy (non-hydrogen) atoms. The fraction of sp³-hybridized carbons (Fsp3) is 0.409. The van der Waals surface area contributed by atoms with Crippen molar-refractivity contribution in [2.75, 3.05) is 6.61 Å². The Kier molecular flexibility index (Phi) is 13.0. The van der Waals surface area contributed by atoms with E-state index >= 15 is 0 Å². The molecule has 0 bridgehead atoms. The van der Waals surface area contributed by atoms with Crippen molar-refractivity contribution in [3.8, 4) is 0 Å². The molecule has 0 heterocycles. The van der Waals surface area contributed by atoms with Gasteiger partial charge in [-0.1, -0.05) is 65.3 Å². The van der Waals surface area contributed by atoms with Crippen LogP contribution in [0.4, 0.5) is 0 Å². The third-order valence-corrected chi connectivity index (χ3v) is 3.57. The van der Waals surface area contributed by atoms with E-state index < -0.39 is 5.97 Å². The van der Waals surface area contributed by atoms with E-state index in [1.54, 1.807) is 18.2 Å². The smallest absolute Gasteiger partial charge is 0.0715 e. The van der Waals surface area contributed by atoms with Crippen LogP contribution in [0.2, 0.25) is 0 Å². The Labute approximate surface area is 152 Å². The van der Waals surface area contributed by atoms with Crippen LogP contribution in [0.1, 0.15) is 63.7 Å². The van der Waals surface area contributed by atoms with Gasteiger partial charge in [0.2, 0.25) is 0 Å². The molecular formula is C22H31O3-. The van der Waals surface area contributed by atoms with E-state index in [0.717, 1.165) is 25.7 Å². The number of carboxylic acid groups (broad SMARTS) is 1. The fourth-order valence-electron chi connectivity index (χ4n) is 2.07. The standard InChI is InChI=1S/C15H26O.C7H6O2/c1-13(2)7-5-8-14(3)9-6-10-15(4)11-12-16;8-7(9)6-4-2-1-3-5-6/h7,9,11,16H,5-6,8,10,12H2,1-4H3;1-5H,(H,8,9)/p-1/b14-9+,15-11+;. The monoisotopic (exact) mass is 343 g/mol. The highest BCUT2D eigenvalue weighted by molar-refractivity contribution is 5.85. The number of benzene rings is 1. The maximum atomic E-state index is 10.1. The summed E-state index contributed by atoms with van der Waals surface area (Å²) in [5, 5.41) is 18.8. The summed E-state index contributed by atoms with van der Waals surface area (Å²) in [6, 6.07) is 8.06. The van der Waals surface area contributed by atoms with Crippen LogP contribution in [0.25, 0.3) is 0 Å². The van der Waals surface area contributed by atoms with Gasteiger partial charge < -0.3 is 15.0 Å². The molecule has 0 radical (unpaired) electrons. The Hall–Kier alpha value is -2.13. The van der Waals surface area contributed by atoms with Gasteiger partial charge in [-0.15, -0.1) is 0 Å². The minimum absolute atomic E-state index is 0.162. The van der Waals surface area contributed by atoms with Crippen molar-refractivity contribution >= 4 is 5.97 Å². The molecule has 0 amide bonds. The molecule has 0 atom stereocenters. The molecular weight excluding hydrogens is 312 g/mol. The second-order valence-corrected chi connectivity index (χ2v) is 6.30. The van der Waals surface area contributed by atoms with E-state index in [0.29, 0.717) is 0 Å². The van der Waals surface area contributed by atoms with Gasteiger partial charge in [0.15, 0.2) is 0 Å². The molecule has 0 saturated carbocycles. The highest BCUT2D eigenvalue weighted by atomic mass is 16.4. The van der Waals surface area contributed by atoms with Crippen LogP contribution in [0.3, 0.4) is 0 Å². The predicted molar refractivity (Wildman–Crippen MR) is 103 cm³/mol. The maximum absolute atomic E-state index is 10.1. The quantitative estimate of drug-likeness (QED) is 0.710. The van der Waals surface area contributed by atoms with Crippen molar-refractivity contribution in [2.45, 2.75) is 53.4 Å². The van der Waals surface area contributed by atoms with Gasteiger partial charge in [-0.2, -0.15) is 0 Å². The third kappa shape index (κ3) is 14.0. The summed E-state index contributed by atoms with van der Waals surface area (Å²) >= 11 is 0. The fourth-order valence-corrected chi connectivity index (χ4v) is 2.07. The second-order valence-electron chi connectivity index (χ2n) is 6.30. The molecule has 0 spiro atoms. The van der Waals surface area contributed by atoms with Crippen LogP contribution in [-0.2, 0) is 0 Å². The van der Waals surface area contributed by atoms with Gasteiger partial charge in [-0.3, -0.25) is 0 Å². The van der Waals surface area contributed by atoms with Crippen LogP contribution >= 0.6 is 0 Å². The van der Waals surface area contributed by atoms with E-state index in [1.807, 2.05) is 6.08 Å². The van der Waals surface area contributed by atoms with Crippen LogP contribution in [-0.4, -0.2) is 17.7 Å². The van der Waals surface area contributed by atoms with Gasteiger partial charge in [0.1, 0.15) is 0 Å². The van der Waals surface area contributed by atoms with E-state index in [-0.39, 0.29) is 12.2 Å². The number of hydrogen-bond donors (Lipinski definition) is 1. The highest BCUT2D eigenvalue weighted by Gasteiger charge is 1.91. The maximum Gasteiger partial charge on any atom is 0.0715 e. The summed E-state index contributed by atoms with van der Waals surface area (Å²) in [5.41, 5.74) is 4.36. The molecule has 3 heteroatoms. The topological polar surface area (TPSA) is 60.4 Å². The lowest BCUT2D eigenvalue weighted by Crippen LogP contribution is -2.21. The molecule has 0 aliphatic carbocycles. The third-order valence-electron chi connectivity index (χ3n) is 3.57. The molecule has 0 aliphatic rings. The summed E-state index contributed by atoms with van der Waals surface area (Å²) in [7, 11) is 0. The number of carbonyl (C=O) groups excluding carboxylic acids is 1. The Balaban J connectivity index is 0.000000535. The molecule has 0 fully saturated rings. The Bertz CT molecular complexity index is 577. The molecule has 1 N–H and O–H groups in total. The Morgan fingerprint density at radius 3 is 1.88 bits per heavy atom. The normalized spacial score (nSPS) is 11.4. The molecule has 138 valence electrons. The highest BCUT2D eigenvalue weighted by Crippen LogP contribution is 2.11. The van der Waals surface area contributed by atoms with Gasteiger partial charge in [0.25, 0.3) is 0 Å². The van der Waals surface area contributed by atoms with Crippen LogP contribution in [0, 0.1) is 0 Å². The first-order valence-corrected chi connectivity index (χ1v) is 8.68. The Morgan fingerprint density at radius 1 is 0.920 bits per heavy atom. The molecule has 0 aliphatic heterocycles. The van der Waals surface area contributed by atoms with Crippen molar-refractivity contribution < 1.29 is 15.0 Å². The van der Waals surface area contributed by atoms with Gasteiger partial charge >= 0.3 is 0 Å². The van der Waals surface area contributed by atoms with Gasteiger partial charge in [0.05, 0.1) is 12.6 Å². The number of rotatable bonds is 8. The van der Waals surface area contributed by atoms with Crippen LogP contribution in [0.5, 0.6) is 0 Å². The predicted octanol–water partition coefficient (Wildman–Crippen LogP) is 4.45. The van der Waals surface area contributed by atoms with E-state index in [2.05, 4.69) is 39.8 Å². The minimum Gasteiger partial charge on any atom is -0.545 e. The van der Waals surface area contributed by atoms with Crippen molar-refractivity contribution in [3.63, 3.8) is 0 Å². The van der Waals surface area contributed by atoms with Crippen molar-refractivity contribution in [1.29, 1.82) is 0 Å². The number of carboxylic acids is 1. The van der Waals surface area contributed by atoms with Gasteiger partial charge in [-0.05, 0) is 58.9 Å². The average molecular weight is 343 g/mol. The van der Waals surface area contributed by atoms with Crippen molar-refractivity contribution in [3.05, 3.63) is 70.8 Å². The summed E-state index contributed by atoms with van der Waals surface area (Å²) in [6.07, 6.45) is 10.9. The molecule has 1 aromatic rings. The van der Waals surface area contributed by atoms with E-state index in [4.69, 9.17) is 5.11 Å². The summed E-state index contributed by atoms with van der Waals surface area (Å²) < 4.78 is 0. The number of aromatic carboxylic acids is 1. The molecule has 0 unspecified atom stereocenters. The van der Waals surface area contributed by atoms with Gasteiger partial charge in [-0.25, -0.2) is 0 Å². The number of allylic oxidation sites excluding steroid dienone is 5. The summed E-state index contributed by atoms with van der Waals surface area (Å²) in [6.45, 7) is 8.71. The lowest BCUT2D eigenvalue weighted by atomic mass is 10.1. The number of carbonyl (C=O) groups is 1. The first-order chi connectivity index (χ1) is 11.9. The van der Waals surface area contributed by atoms with Crippen molar-refractivity contribution in [2.24, 2.45) is 0 Å². The summed E-state index contributed by atoms with van der Waals surface area (Å²) in [5.74, 6) is -1.13.